The van der Waals surface area contributed by atoms with Crippen LogP contribution < -0.4 is 9.47 Å². The largest absolute Gasteiger partial charge is 0.497 e. The number of aromatic nitrogens is 3. The number of methoxy groups -OCH3 is 2. The molecule has 0 N–H and O–H groups in total. The van der Waals surface area contributed by atoms with Crippen LogP contribution >= 0.6 is 0 Å². The van der Waals surface area contributed by atoms with Crippen molar-refractivity contribution in [1.29, 1.82) is 0 Å². The van der Waals surface area contributed by atoms with Crippen LogP contribution in [0.5, 0.6) is 11.5 Å². The van der Waals surface area contributed by atoms with Gasteiger partial charge in [-0.25, -0.2) is 0 Å². The minimum Gasteiger partial charge on any atom is -0.497 e. The Morgan fingerprint density at radius 1 is 0.826 bits per heavy atom. The van der Waals surface area contributed by atoms with Crippen molar-refractivity contribution >= 4 is 0 Å². The van der Waals surface area contributed by atoms with E-state index in [4.69, 9.17) is 9.47 Å². The summed E-state index contributed by atoms with van der Waals surface area (Å²) in [5, 5.41) is 8.70. The SMILES string of the molecule is CCc1nnc(-c2ccc(OC)cc2)n1-c1ccc(OC)cc1. The summed E-state index contributed by atoms with van der Waals surface area (Å²) in [6, 6.07) is 15.7. The molecule has 23 heavy (non-hydrogen) atoms. The van der Waals surface area contributed by atoms with E-state index >= 15 is 0 Å². The van der Waals surface area contributed by atoms with Gasteiger partial charge in [0, 0.05) is 17.7 Å². The molecule has 118 valence electrons. The highest BCUT2D eigenvalue weighted by Crippen LogP contribution is 2.26. The van der Waals surface area contributed by atoms with Gasteiger partial charge in [-0.15, -0.1) is 10.2 Å². The van der Waals surface area contributed by atoms with E-state index < -0.39 is 0 Å². The molecular weight excluding hydrogens is 290 g/mol. The van der Waals surface area contributed by atoms with Gasteiger partial charge in [-0.05, 0) is 48.5 Å². The Morgan fingerprint density at radius 2 is 1.39 bits per heavy atom. The summed E-state index contributed by atoms with van der Waals surface area (Å²) in [6.45, 7) is 2.07. The summed E-state index contributed by atoms with van der Waals surface area (Å²) in [5.41, 5.74) is 2.01. The predicted molar refractivity (Wildman–Crippen MR) is 89.3 cm³/mol. The van der Waals surface area contributed by atoms with Gasteiger partial charge in [0.25, 0.3) is 0 Å². The number of nitrogens with zero attached hydrogens (tertiary/aromatic N) is 3. The van der Waals surface area contributed by atoms with E-state index in [2.05, 4.69) is 21.7 Å². The van der Waals surface area contributed by atoms with Gasteiger partial charge in [0.15, 0.2) is 5.82 Å². The van der Waals surface area contributed by atoms with Crippen molar-refractivity contribution in [3.8, 4) is 28.6 Å². The van der Waals surface area contributed by atoms with Crippen LogP contribution in [0.25, 0.3) is 17.1 Å². The molecule has 5 heteroatoms. The van der Waals surface area contributed by atoms with Crippen molar-refractivity contribution in [1.82, 2.24) is 14.8 Å². The zero-order chi connectivity index (χ0) is 16.2. The van der Waals surface area contributed by atoms with Gasteiger partial charge in [0.1, 0.15) is 17.3 Å². The highest BCUT2D eigenvalue weighted by atomic mass is 16.5. The van der Waals surface area contributed by atoms with E-state index in [1.165, 1.54) is 0 Å². The summed E-state index contributed by atoms with van der Waals surface area (Å²) in [6.07, 6.45) is 0.801. The molecule has 0 spiro atoms. The van der Waals surface area contributed by atoms with Gasteiger partial charge < -0.3 is 9.47 Å². The first-order chi connectivity index (χ1) is 11.3. The molecule has 0 bridgehead atoms. The molecule has 0 radical (unpaired) electrons. The molecule has 0 saturated carbocycles. The van der Waals surface area contributed by atoms with Crippen molar-refractivity contribution in [2.24, 2.45) is 0 Å². The third kappa shape index (κ3) is 2.90. The van der Waals surface area contributed by atoms with Gasteiger partial charge in [-0.1, -0.05) is 6.92 Å². The highest BCUT2D eigenvalue weighted by molar-refractivity contribution is 5.60. The summed E-state index contributed by atoms with van der Waals surface area (Å²) in [4.78, 5) is 0. The number of benzene rings is 2. The summed E-state index contributed by atoms with van der Waals surface area (Å²) >= 11 is 0. The van der Waals surface area contributed by atoms with Gasteiger partial charge in [0.2, 0.25) is 0 Å². The number of hydrogen-bond acceptors (Lipinski definition) is 4. The molecule has 0 aliphatic rings. The molecule has 0 aliphatic heterocycles. The van der Waals surface area contributed by atoms with Gasteiger partial charge in [-0.3, -0.25) is 4.57 Å². The molecule has 0 saturated heterocycles. The second-order valence-electron chi connectivity index (χ2n) is 5.06. The van der Waals surface area contributed by atoms with Crippen LogP contribution in [0.2, 0.25) is 0 Å². The normalized spacial score (nSPS) is 10.6. The molecule has 0 fully saturated rings. The van der Waals surface area contributed by atoms with E-state index in [9.17, 15) is 0 Å². The van der Waals surface area contributed by atoms with Crippen LogP contribution in [0.1, 0.15) is 12.7 Å². The molecule has 5 nitrogen and oxygen atoms in total. The standard InChI is InChI=1S/C18H19N3O2/c1-4-17-19-20-18(13-5-9-15(22-2)10-6-13)21(17)14-7-11-16(23-3)12-8-14/h5-12H,4H2,1-3H3. The quantitative estimate of drug-likeness (QED) is 0.723. The Balaban J connectivity index is 2.08. The maximum Gasteiger partial charge on any atom is 0.168 e. The molecule has 0 atom stereocenters. The van der Waals surface area contributed by atoms with Crippen molar-refractivity contribution in [3.63, 3.8) is 0 Å². The highest BCUT2D eigenvalue weighted by Gasteiger charge is 2.14. The van der Waals surface area contributed by atoms with Crippen molar-refractivity contribution in [2.75, 3.05) is 14.2 Å². The Kier molecular flexibility index (Phi) is 4.28. The van der Waals surface area contributed by atoms with Crippen LogP contribution in [0, 0.1) is 0 Å². The van der Waals surface area contributed by atoms with Crippen LogP contribution in [-0.2, 0) is 6.42 Å². The first-order valence-corrected chi connectivity index (χ1v) is 7.50. The lowest BCUT2D eigenvalue weighted by atomic mass is 10.2. The number of hydrogen-bond donors (Lipinski definition) is 0. The minimum atomic E-state index is 0.801. The van der Waals surface area contributed by atoms with Crippen molar-refractivity contribution < 1.29 is 9.47 Å². The van der Waals surface area contributed by atoms with Crippen molar-refractivity contribution in [2.45, 2.75) is 13.3 Å². The zero-order valence-electron chi connectivity index (χ0n) is 13.5. The predicted octanol–water partition coefficient (Wildman–Crippen LogP) is 3.51. The molecule has 0 aliphatic carbocycles. The summed E-state index contributed by atoms with van der Waals surface area (Å²) in [7, 11) is 3.32. The fourth-order valence-corrected chi connectivity index (χ4v) is 2.48. The second kappa shape index (κ2) is 6.52. The van der Waals surface area contributed by atoms with E-state index in [0.717, 1.165) is 40.8 Å². The lowest BCUT2D eigenvalue weighted by Gasteiger charge is -2.11. The van der Waals surface area contributed by atoms with Crippen LogP contribution in [0.15, 0.2) is 48.5 Å². The fourth-order valence-electron chi connectivity index (χ4n) is 2.48. The molecule has 0 unspecified atom stereocenters. The van der Waals surface area contributed by atoms with Crippen LogP contribution in [0.4, 0.5) is 0 Å². The smallest absolute Gasteiger partial charge is 0.168 e. The minimum absolute atomic E-state index is 0.801. The molecule has 1 aromatic heterocycles. The lowest BCUT2D eigenvalue weighted by Crippen LogP contribution is -2.02. The second-order valence-corrected chi connectivity index (χ2v) is 5.06. The first kappa shape index (κ1) is 15.1. The molecule has 2 aromatic carbocycles. The maximum absolute atomic E-state index is 5.23. The van der Waals surface area contributed by atoms with Crippen LogP contribution in [0.3, 0.4) is 0 Å². The zero-order valence-corrected chi connectivity index (χ0v) is 13.5. The first-order valence-electron chi connectivity index (χ1n) is 7.50. The summed E-state index contributed by atoms with van der Waals surface area (Å²) in [5.74, 6) is 3.38. The molecule has 0 amide bonds. The Labute approximate surface area is 135 Å². The monoisotopic (exact) mass is 309 g/mol. The number of ether oxygens (including phenoxy) is 2. The Bertz CT molecular complexity index is 777. The molecular formula is C18H19N3O2. The average molecular weight is 309 g/mol. The van der Waals surface area contributed by atoms with Gasteiger partial charge in [0.05, 0.1) is 14.2 Å². The number of rotatable bonds is 5. The Hall–Kier alpha value is -2.82. The van der Waals surface area contributed by atoms with E-state index in [-0.39, 0.29) is 0 Å². The topological polar surface area (TPSA) is 49.2 Å². The molecule has 1 heterocycles. The molecule has 3 rings (SSSR count). The van der Waals surface area contributed by atoms with E-state index in [1.54, 1.807) is 14.2 Å². The third-order valence-electron chi connectivity index (χ3n) is 3.73. The van der Waals surface area contributed by atoms with Crippen LogP contribution in [-0.4, -0.2) is 29.0 Å². The average Bonchev–Trinajstić information content (AvgIpc) is 3.06. The van der Waals surface area contributed by atoms with Gasteiger partial charge >= 0.3 is 0 Å². The molecule has 3 aromatic rings. The summed E-state index contributed by atoms with van der Waals surface area (Å²) < 4.78 is 12.5. The third-order valence-corrected chi connectivity index (χ3v) is 3.73. The Morgan fingerprint density at radius 3 is 1.91 bits per heavy atom. The van der Waals surface area contributed by atoms with E-state index in [1.807, 2.05) is 48.5 Å². The lowest BCUT2D eigenvalue weighted by molar-refractivity contribution is 0.414. The van der Waals surface area contributed by atoms with Crippen molar-refractivity contribution in [3.05, 3.63) is 54.4 Å². The number of aryl methyl sites for hydroxylation is 1. The van der Waals surface area contributed by atoms with Gasteiger partial charge in [-0.2, -0.15) is 0 Å². The maximum atomic E-state index is 5.23. The van der Waals surface area contributed by atoms with E-state index in [0.29, 0.717) is 0 Å². The fraction of sp³-hybridized carbons (Fsp3) is 0.222.